The fraction of sp³-hybridized carbons (Fsp3) is 0.643. The maximum atomic E-state index is 5.63. The van der Waals surface area contributed by atoms with Crippen molar-refractivity contribution >= 4 is 5.82 Å². The normalized spacial score (nSPS) is 17.8. The minimum absolute atomic E-state index is 0.524. The number of rotatable bonds is 3. The van der Waals surface area contributed by atoms with E-state index >= 15 is 0 Å². The molecule has 2 heterocycles. The van der Waals surface area contributed by atoms with Crippen LogP contribution in [0.3, 0.4) is 0 Å². The Balaban J connectivity index is 2.00. The van der Waals surface area contributed by atoms with Crippen molar-refractivity contribution in [2.45, 2.75) is 33.2 Å². The second-order valence-electron chi connectivity index (χ2n) is 5.26. The summed E-state index contributed by atoms with van der Waals surface area (Å²) in [7, 11) is 0. The molecule has 0 bridgehead atoms. The quantitative estimate of drug-likeness (QED) is 0.871. The molecule has 2 rings (SSSR count). The molecule has 17 heavy (non-hydrogen) atoms. The van der Waals surface area contributed by atoms with Gasteiger partial charge in [0.1, 0.15) is 5.82 Å². The van der Waals surface area contributed by atoms with Crippen molar-refractivity contribution in [3.63, 3.8) is 0 Å². The Morgan fingerprint density at radius 2 is 2.06 bits per heavy atom. The molecular weight excluding hydrogens is 210 g/mol. The van der Waals surface area contributed by atoms with Crippen LogP contribution in [0.25, 0.3) is 0 Å². The molecule has 0 spiro atoms. The summed E-state index contributed by atoms with van der Waals surface area (Å²) < 4.78 is 0. The van der Waals surface area contributed by atoms with E-state index in [9.17, 15) is 0 Å². The zero-order valence-electron chi connectivity index (χ0n) is 10.9. The molecule has 2 N–H and O–H groups in total. The van der Waals surface area contributed by atoms with Crippen molar-refractivity contribution in [2.24, 2.45) is 17.6 Å². The van der Waals surface area contributed by atoms with Gasteiger partial charge in [0.05, 0.1) is 5.69 Å². The largest absolute Gasteiger partial charge is 0.357 e. The summed E-state index contributed by atoms with van der Waals surface area (Å²) in [5.41, 5.74) is 6.61. The van der Waals surface area contributed by atoms with Gasteiger partial charge in [-0.1, -0.05) is 19.9 Å². The van der Waals surface area contributed by atoms with E-state index in [1.54, 1.807) is 0 Å². The number of anilines is 1. The van der Waals surface area contributed by atoms with Crippen LogP contribution in [-0.2, 0) is 6.54 Å². The Bertz CT molecular complexity index is 354. The summed E-state index contributed by atoms with van der Waals surface area (Å²) >= 11 is 0. The van der Waals surface area contributed by atoms with E-state index in [-0.39, 0.29) is 0 Å². The van der Waals surface area contributed by atoms with E-state index in [0.29, 0.717) is 6.54 Å². The van der Waals surface area contributed by atoms with E-state index in [4.69, 9.17) is 5.73 Å². The van der Waals surface area contributed by atoms with Gasteiger partial charge in [0.15, 0.2) is 0 Å². The van der Waals surface area contributed by atoms with Crippen LogP contribution in [0.5, 0.6) is 0 Å². The van der Waals surface area contributed by atoms with Gasteiger partial charge in [-0.05, 0) is 36.8 Å². The molecule has 0 amide bonds. The summed E-state index contributed by atoms with van der Waals surface area (Å²) in [5, 5.41) is 0. The lowest BCUT2D eigenvalue weighted by molar-refractivity contribution is 0.310. The number of piperidine rings is 1. The van der Waals surface area contributed by atoms with Gasteiger partial charge in [-0.3, -0.25) is 0 Å². The van der Waals surface area contributed by atoms with Crippen LogP contribution in [-0.4, -0.2) is 18.1 Å². The molecule has 1 aliphatic heterocycles. The fourth-order valence-electron chi connectivity index (χ4n) is 2.55. The number of hydrogen-bond donors (Lipinski definition) is 1. The highest BCUT2D eigenvalue weighted by Gasteiger charge is 2.22. The first kappa shape index (κ1) is 12.4. The van der Waals surface area contributed by atoms with Crippen molar-refractivity contribution in [2.75, 3.05) is 18.0 Å². The minimum atomic E-state index is 0.524. The second kappa shape index (κ2) is 5.50. The molecule has 0 unspecified atom stereocenters. The molecule has 3 heteroatoms. The monoisotopic (exact) mass is 233 g/mol. The van der Waals surface area contributed by atoms with E-state index in [1.807, 2.05) is 6.07 Å². The molecular formula is C14H23N3. The molecule has 0 aromatic carbocycles. The number of nitrogens with two attached hydrogens (primary N) is 1. The van der Waals surface area contributed by atoms with Crippen molar-refractivity contribution < 1.29 is 0 Å². The third kappa shape index (κ3) is 2.97. The third-order valence-electron chi connectivity index (χ3n) is 3.81. The molecule has 1 aromatic heterocycles. The highest BCUT2D eigenvalue weighted by Crippen LogP contribution is 2.26. The Morgan fingerprint density at radius 1 is 1.35 bits per heavy atom. The van der Waals surface area contributed by atoms with Gasteiger partial charge in [-0.2, -0.15) is 0 Å². The minimum Gasteiger partial charge on any atom is -0.357 e. The van der Waals surface area contributed by atoms with Crippen molar-refractivity contribution in [1.82, 2.24) is 4.98 Å². The lowest BCUT2D eigenvalue weighted by atomic mass is 9.87. The van der Waals surface area contributed by atoms with Gasteiger partial charge in [0, 0.05) is 19.6 Å². The lowest BCUT2D eigenvalue weighted by Crippen LogP contribution is -2.35. The molecule has 0 aliphatic carbocycles. The smallest absolute Gasteiger partial charge is 0.128 e. The summed E-state index contributed by atoms with van der Waals surface area (Å²) in [6.45, 7) is 7.44. The number of pyridine rings is 1. The summed E-state index contributed by atoms with van der Waals surface area (Å²) in [6, 6.07) is 6.14. The van der Waals surface area contributed by atoms with E-state index in [0.717, 1.165) is 36.4 Å². The van der Waals surface area contributed by atoms with Crippen LogP contribution in [0.4, 0.5) is 5.82 Å². The summed E-state index contributed by atoms with van der Waals surface area (Å²) in [6.07, 6.45) is 2.57. The summed E-state index contributed by atoms with van der Waals surface area (Å²) in [4.78, 5) is 6.97. The average molecular weight is 233 g/mol. The predicted octanol–water partition coefficient (Wildman–Crippen LogP) is 2.41. The second-order valence-corrected chi connectivity index (χ2v) is 5.26. The number of nitrogens with zero attached hydrogens (tertiary/aromatic N) is 2. The van der Waals surface area contributed by atoms with Crippen LogP contribution >= 0.6 is 0 Å². The van der Waals surface area contributed by atoms with Crippen LogP contribution in [0.2, 0.25) is 0 Å². The van der Waals surface area contributed by atoms with E-state index in [2.05, 4.69) is 35.9 Å². The first-order chi connectivity index (χ1) is 8.20. The molecule has 1 aliphatic rings. The molecule has 94 valence electrons. The van der Waals surface area contributed by atoms with Crippen molar-refractivity contribution in [1.29, 1.82) is 0 Å². The lowest BCUT2D eigenvalue weighted by Gasteiger charge is -2.34. The Morgan fingerprint density at radius 3 is 2.65 bits per heavy atom. The Labute approximate surface area is 104 Å². The first-order valence-corrected chi connectivity index (χ1v) is 6.61. The van der Waals surface area contributed by atoms with Gasteiger partial charge >= 0.3 is 0 Å². The molecule has 0 saturated carbocycles. The molecule has 1 fully saturated rings. The zero-order chi connectivity index (χ0) is 12.3. The fourth-order valence-corrected chi connectivity index (χ4v) is 2.55. The third-order valence-corrected chi connectivity index (χ3v) is 3.81. The molecule has 0 atom stereocenters. The number of hydrogen-bond acceptors (Lipinski definition) is 3. The average Bonchev–Trinajstić information content (AvgIpc) is 2.39. The van der Waals surface area contributed by atoms with Gasteiger partial charge in [-0.25, -0.2) is 4.98 Å². The van der Waals surface area contributed by atoms with Gasteiger partial charge < -0.3 is 10.6 Å². The Kier molecular flexibility index (Phi) is 4.00. The van der Waals surface area contributed by atoms with Gasteiger partial charge in [-0.15, -0.1) is 0 Å². The highest BCUT2D eigenvalue weighted by molar-refractivity contribution is 5.39. The highest BCUT2D eigenvalue weighted by atomic mass is 15.2. The standard InChI is InChI=1S/C14H23N3/c1-11(2)12-6-8-17(9-7-12)14-5-3-4-13(10-15)16-14/h3-5,11-12H,6-10,15H2,1-2H3. The SMILES string of the molecule is CC(C)C1CCN(c2cccc(CN)n2)CC1. The van der Waals surface area contributed by atoms with Crippen LogP contribution in [0.1, 0.15) is 32.4 Å². The number of aromatic nitrogens is 1. The Hall–Kier alpha value is -1.09. The maximum Gasteiger partial charge on any atom is 0.128 e. The van der Waals surface area contributed by atoms with Crippen LogP contribution < -0.4 is 10.6 Å². The zero-order valence-corrected chi connectivity index (χ0v) is 10.9. The first-order valence-electron chi connectivity index (χ1n) is 6.61. The van der Waals surface area contributed by atoms with Gasteiger partial charge in [0.25, 0.3) is 0 Å². The van der Waals surface area contributed by atoms with Crippen LogP contribution in [0, 0.1) is 11.8 Å². The summed E-state index contributed by atoms with van der Waals surface area (Å²) in [5.74, 6) is 2.78. The topological polar surface area (TPSA) is 42.1 Å². The van der Waals surface area contributed by atoms with Gasteiger partial charge in [0.2, 0.25) is 0 Å². The van der Waals surface area contributed by atoms with E-state index in [1.165, 1.54) is 12.8 Å². The molecule has 3 nitrogen and oxygen atoms in total. The molecule has 1 aromatic rings. The van der Waals surface area contributed by atoms with E-state index < -0.39 is 0 Å². The van der Waals surface area contributed by atoms with Crippen LogP contribution in [0.15, 0.2) is 18.2 Å². The maximum absolute atomic E-state index is 5.63. The molecule has 1 saturated heterocycles. The van der Waals surface area contributed by atoms with Crippen molar-refractivity contribution in [3.8, 4) is 0 Å². The molecule has 0 radical (unpaired) electrons. The predicted molar refractivity (Wildman–Crippen MR) is 71.9 cm³/mol. The van der Waals surface area contributed by atoms with Crippen molar-refractivity contribution in [3.05, 3.63) is 23.9 Å².